The minimum atomic E-state index is 0.222. The first kappa shape index (κ1) is 16.2. The maximum Gasteiger partial charge on any atom is 0.193 e. The molecule has 0 aliphatic rings. The summed E-state index contributed by atoms with van der Waals surface area (Å²) in [6.45, 7) is 0. The van der Waals surface area contributed by atoms with E-state index in [4.69, 9.17) is 9.84 Å². The van der Waals surface area contributed by atoms with Crippen molar-refractivity contribution in [3.8, 4) is 34.3 Å². The van der Waals surface area contributed by atoms with Crippen LogP contribution in [0.2, 0.25) is 0 Å². The van der Waals surface area contributed by atoms with E-state index in [1.165, 1.54) is 0 Å². The number of nitriles is 1. The number of benzene rings is 2. The molecule has 0 bridgehead atoms. The predicted octanol–water partition coefficient (Wildman–Crippen LogP) is 4.10. The first-order chi connectivity index (χ1) is 12.7. The van der Waals surface area contributed by atoms with E-state index in [-0.39, 0.29) is 5.69 Å². The van der Waals surface area contributed by atoms with Crippen LogP contribution in [0.4, 0.5) is 0 Å². The molecule has 126 valence electrons. The molecule has 2 heterocycles. The number of ether oxygens (including phenoxy) is 1. The van der Waals surface area contributed by atoms with Crippen molar-refractivity contribution in [1.29, 1.82) is 5.26 Å². The summed E-state index contributed by atoms with van der Waals surface area (Å²) in [5.41, 5.74) is 3.85. The first-order valence-electron chi connectivity index (χ1n) is 7.78. The molecular formula is C19H12BrN5O. The van der Waals surface area contributed by atoms with Crippen LogP contribution in [0.25, 0.3) is 28.2 Å². The summed E-state index contributed by atoms with van der Waals surface area (Å²) in [5, 5.41) is 22.4. The maximum absolute atomic E-state index is 9.47. The van der Waals surface area contributed by atoms with Crippen molar-refractivity contribution < 1.29 is 4.74 Å². The average Bonchev–Trinajstić information content (AvgIpc) is 3.04. The molecule has 0 amide bonds. The Balaban J connectivity index is 1.98. The Morgan fingerprint density at radius 1 is 1.00 bits per heavy atom. The molecule has 0 saturated heterocycles. The first-order valence-corrected chi connectivity index (χ1v) is 8.57. The summed E-state index contributed by atoms with van der Waals surface area (Å²) in [7, 11) is 1.63. The van der Waals surface area contributed by atoms with Crippen LogP contribution in [-0.4, -0.2) is 26.9 Å². The highest BCUT2D eigenvalue weighted by Gasteiger charge is 2.20. The molecule has 26 heavy (non-hydrogen) atoms. The van der Waals surface area contributed by atoms with Crippen LogP contribution in [0.1, 0.15) is 5.69 Å². The van der Waals surface area contributed by atoms with Crippen LogP contribution < -0.4 is 4.74 Å². The second kappa shape index (κ2) is 6.58. The van der Waals surface area contributed by atoms with E-state index in [1.807, 2.05) is 54.6 Å². The van der Waals surface area contributed by atoms with Gasteiger partial charge in [0.1, 0.15) is 23.2 Å². The molecule has 2 aromatic carbocycles. The molecule has 7 heteroatoms. The number of aromatic nitrogens is 4. The van der Waals surface area contributed by atoms with Crippen LogP contribution in [0.5, 0.6) is 5.75 Å². The summed E-state index contributed by atoms with van der Waals surface area (Å²) in [4.78, 5) is 0. The van der Waals surface area contributed by atoms with Crippen LogP contribution in [0.15, 0.2) is 59.1 Å². The lowest BCUT2D eigenvalue weighted by atomic mass is 10.1. The fourth-order valence-electron chi connectivity index (χ4n) is 2.74. The van der Waals surface area contributed by atoms with Crippen molar-refractivity contribution in [3.63, 3.8) is 0 Å². The summed E-state index contributed by atoms with van der Waals surface area (Å²) in [6, 6.07) is 19.3. The van der Waals surface area contributed by atoms with Crippen molar-refractivity contribution in [1.82, 2.24) is 19.8 Å². The molecule has 0 N–H and O–H groups in total. The van der Waals surface area contributed by atoms with Gasteiger partial charge in [-0.15, -0.1) is 10.2 Å². The lowest BCUT2D eigenvalue weighted by Crippen LogP contribution is -2.03. The number of nitrogens with zero attached hydrogens (tertiary/aromatic N) is 5. The van der Waals surface area contributed by atoms with Crippen molar-refractivity contribution in [3.05, 3.63) is 64.8 Å². The molecule has 4 rings (SSSR count). The van der Waals surface area contributed by atoms with Crippen molar-refractivity contribution in [2.45, 2.75) is 0 Å². The Bertz CT molecular complexity index is 1130. The van der Waals surface area contributed by atoms with E-state index in [9.17, 15) is 5.26 Å². The molecule has 0 atom stereocenters. The van der Waals surface area contributed by atoms with Crippen molar-refractivity contribution in [2.24, 2.45) is 0 Å². The lowest BCUT2D eigenvalue weighted by molar-refractivity contribution is 0.415. The van der Waals surface area contributed by atoms with Gasteiger partial charge in [-0.2, -0.15) is 10.4 Å². The molecule has 2 aromatic heterocycles. The van der Waals surface area contributed by atoms with Gasteiger partial charge >= 0.3 is 0 Å². The zero-order valence-corrected chi connectivity index (χ0v) is 15.3. The summed E-state index contributed by atoms with van der Waals surface area (Å²) in [6.07, 6.45) is 0. The molecule has 0 radical (unpaired) electrons. The Kier molecular flexibility index (Phi) is 4.11. The van der Waals surface area contributed by atoms with Gasteiger partial charge in [0.2, 0.25) is 0 Å². The van der Waals surface area contributed by atoms with Gasteiger partial charge in [0.15, 0.2) is 11.3 Å². The number of hydrogen-bond acceptors (Lipinski definition) is 5. The summed E-state index contributed by atoms with van der Waals surface area (Å²) < 4.78 is 7.58. The van der Waals surface area contributed by atoms with Crippen LogP contribution in [-0.2, 0) is 0 Å². The van der Waals surface area contributed by atoms with Crippen LogP contribution in [0.3, 0.4) is 0 Å². The van der Waals surface area contributed by atoms with Gasteiger partial charge in [-0.25, -0.2) is 4.52 Å². The fraction of sp³-hybridized carbons (Fsp3) is 0.0526. The van der Waals surface area contributed by atoms with E-state index in [1.54, 1.807) is 11.6 Å². The molecule has 0 aliphatic carbocycles. The highest BCUT2D eigenvalue weighted by Crippen LogP contribution is 2.33. The zero-order valence-electron chi connectivity index (χ0n) is 13.7. The van der Waals surface area contributed by atoms with E-state index in [0.717, 1.165) is 21.3 Å². The van der Waals surface area contributed by atoms with Gasteiger partial charge < -0.3 is 4.74 Å². The van der Waals surface area contributed by atoms with E-state index >= 15 is 0 Å². The Labute approximate surface area is 157 Å². The van der Waals surface area contributed by atoms with E-state index in [0.29, 0.717) is 17.0 Å². The minimum absolute atomic E-state index is 0.222. The van der Waals surface area contributed by atoms with Crippen LogP contribution >= 0.6 is 15.9 Å². The lowest BCUT2D eigenvalue weighted by Gasteiger charge is -2.05. The second-order valence-corrected chi connectivity index (χ2v) is 6.29. The number of rotatable bonds is 3. The average molecular weight is 406 g/mol. The van der Waals surface area contributed by atoms with E-state index in [2.05, 4.69) is 32.2 Å². The normalized spacial score (nSPS) is 10.7. The quantitative estimate of drug-likeness (QED) is 0.512. The van der Waals surface area contributed by atoms with Crippen LogP contribution in [0, 0.1) is 11.3 Å². The maximum atomic E-state index is 9.47. The Morgan fingerprint density at radius 3 is 2.38 bits per heavy atom. The third-order valence-corrected chi connectivity index (χ3v) is 4.73. The third-order valence-electron chi connectivity index (χ3n) is 4.00. The molecule has 0 spiro atoms. The van der Waals surface area contributed by atoms with Gasteiger partial charge in [0.25, 0.3) is 0 Å². The zero-order chi connectivity index (χ0) is 18.1. The Hall–Kier alpha value is -3.24. The number of fused-ring (bicyclic) bond motifs is 1. The summed E-state index contributed by atoms with van der Waals surface area (Å²) >= 11 is 3.58. The van der Waals surface area contributed by atoms with E-state index < -0.39 is 0 Å². The van der Waals surface area contributed by atoms with Gasteiger partial charge in [-0.1, -0.05) is 30.3 Å². The van der Waals surface area contributed by atoms with Crippen molar-refractivity contribution >= 4 is 21.6 Å². The SMILES string of the molecule is COc1ccc(-c2nn3c(-c4ccccc4)c(C#N)nnc3c2Br)cc1. The number of halogens is 1. The summed E-state index contributed by atoms with van der Waals surface area (Å²) in [5.74, 6) is 0.769. The van der Waals surface area contributed by atoms with Gasteiger partial charge in [-0.3, -0.25) is 0 Å². The molecule has 6 nitrogen and oxygen atoms in total. The highest BCUT2D eigenvalue weighted by molar-refractivity contribution is 9.10. The second-order valence-electron chi connectivity index (χ2n) is 5.50. The smallest absolute Gasteiger partial charge is 0.193 e. The topological polar surface area (TPSA) is 76.1 Å². The molecule has 4 aromatic rings. The molecule has 0 aliphatic heterocycles. The predicted molar refractivity (Wildman–Crippen MR) is 101 cm³/mol. The molecule has 0 unspecified atom stereocenters. The Morgan fingerprint density at radius 2 is 1.73 bits per heavy atom. The fourth-order valence-corrected chi connectivity index (χ4v) is 3.30. The monoisotopic (exact) mass is 405 g/mol. The van der Waals surface area contributed by atoms with Gasteiger partial charge in [0, 0.05) is 11.1 Å². The number of methoxy groups -OCH3 is 1. The van der Waals surface area contributed by atoms with Gasteiger partial charge in [-0.05, 0) is 40.2 Å². The molecular weight excluding hydrogens is 394 g/mol. The van der Waals surface area contributed by atoms with Gasteiger partial charge in [0.05, 0.1) is 11.6 Å². The third kappa shape index (κ3) is 2.61. The molecule has 0 saturated carbocycles. The standard InChI is InChI=1S/C19H12BrN5O/c1-26-14-9-7-12(8-10-14)17-16(20)19-23-22-15(11-21)18(25(19)24-17)13-5-3-2-4-6-13/h2-10H,1H3. The molecule has 0 fully saturated rings. The largest absolute Gasteiger partial charge is 0.497 e. The minimum Gasteiger partial charge on any atom is -0.497 e. The number of hydrogen-bond donors (Lipinski definition) is 0. The van der Waals surface area contributed by atoms with Crippen molar-refractivity contribution in [2.75, 3.05) is 7.11 Å². The highest BCUT2D eigenvalue weighted by atomic mass is 79.9.